The predicted octanol–water partition coefficient (Wildman–Crippen LogP) is 3.02. The van der Waals surface area contributed by atoms with Crippen molar-refractivity contribution in [2.75, 3.05) is 6.54 Å². The molecule has 0 radical (unpaired) electrons. The molecular weight excluding hydrogens is 372 g/mol. The third-order valence-corrected chi connectivity index (χ3v) is 5.34. The van der Waals surface area contributed by atoms with Crippen molar-refractivity contribution in [2.45, 2.75) is 70.7 Å². The van der Waals surface area contributed by atoms with Gasteiger partial charge in [0.25, 0.3) is 5.91 Å². The number of nitrogens with zero attached hydrogens (tertiary/aromatic N) is 3. The number of para-hydroxylation sites is 1. The van der Waals surface area contributed by atoms with Crippen LogP contribution in [0.15, 0.2) is 24.3 Å². The second kappa shape index (κ2) is 8.02. The fourth-order valence-electron chi connectivity index (χ4n) is 4.07. The Morgan fingerprint density at radius 2 is 1.97 bits per heavy atom. The van der Waals surface area contributed by atoms with E-state index in [0.29, 0.717) is 25.0 Å². The summed E-state index contributed by atoms with van der Waals surface area (Å²) in [5, 5.41) is 27.9. The van der Waals surface area contributed by atoms with Crippen LogP contribution in [0.5, 0.6) is 0 Å². The molecule has 0 saturated carbocycles. The largest absolute Gasteiger partial charge is 0.465 e. The van der Waals surface area contributed by atoms with Gasteiger partial charge in [-0.25, -0.2) is 4.79 Å². The number of aliphatic hydroxyl groups is 1. The molecule has 1 aliphatic rings. The average Bonchev–Trinajstić information content (AvgIpc) is 3.01. The number of aromatic nitrogens is 2. The zero-order valence-electron chi connectivity index (χ0n) is 17.4. The smallest absolute Gasteiger partial charge is 0.407 e. The molecule has 1 saturated heterocycles. The summed E-state index contributed by atoms with van der Waals surface area (Å²) in [5.41, 5.74) is 0.306. The fourth-order valence-corrected chi connectivity index (χ4v) is 4.07. The number of carboxylic acid groups (broad SMARTS) is 1. The second-order valence-electron chi connectivity index (χ2n) is 8.76. The highest BCUT2D eigenvalue weighted by Gasteiger charge is 2.35. The van der Waals surface area contributed by atoms with E-state index in [1.54, 1.807) is 13.8 Å². The summed E-state index contributed by atoms with van der Waals surface area (Å²) in [4.78, 5) is 26.0. The Morgan fingerprint density at radius 1 is 1.28 bits per heavy atom. The predicted molar refractivity (Wildman–Crippen MR) is 110 cm³/mol. The van der Waals surface area contributed by atoms with Gasteiger partial charge in [0.1, 0.15) is 0 Å². The topological polar surface area (TPSA) is 108 Å². The van der Waals surface area contributed by atoms with Crippen LogP contribution in [-0.4, -0.2) is 61.1 Å². The van der Waals surface area contributed by atoms with Gasteiger partial charge >= 0.3 is 6.09 Å². The van der Waals surface area contributed by atoms with E-state index in [0.717, 1.165) is 10.9 Å². The van der Waals surface area contributed by atoms with Crippen LogP contribution in [0.25, 0.3) is 10.9 Å². The Morgan fingerprint density at radius 3 is 2.59 bits per heavy atom. The van der Waals surface area contributed by atoms with Crippen LogP contribution in [0.4, 0.5) is 4.79 Å². The van der Waals surface area contributed by atoms with E-state index in [4.69, 9.17) is 0 Å². The van der Waals surface area contributed by atoms with Crippen LogP contribution in [0.3, 0.4) is 0 Å². The first-order chi connectivity index (χ1) is 13.6. The quantitative estimate of drug-likeness (QED) is 0.712. The standard InChI is InChI=1S/C21H30N4O4/c1-13(2)25-17-8-6-5-7-16(17)18(23-25)19(26)22-14-9-10-15(11-21(3,4)29)24(12-14)20(27)28/h5-8,13-15,29H,9-12H2,1-4H3,(H,22,26)(H,27,28). The molecule has 2 unspecified atom stereocenters. The van der Waals surface area contributed by atoms with E-state index in [1.807, 2.05) is 42.8 Å². The summed E-state index contributed by atoms with van der Waals surface area (Å²) in [7, 11) is 0. The molecule has 0 spiro atoms. The highest BCUT2D eigenvalue weighted by atomic mass is 16.4. The molecule has 29 heavy (non-hydrogen) atoms. The molecule has 1 fully saturated rings. The molecule has 3 N–H and O–H groups in total. The maximum Gasteiger partial charge on any atom is 0.407 e. The number of nitrogens with one attached hydrogen (secondary N) is 1. The normalized spacial score (nSPS) is 20.3. The van der Waals surface area contributed by atoms with Crippen molar-refractivity contribution in [3.8, 4) is 0 Å². The molecule has 3 rings (SSSR count). The van der Waals surface area contributed by atoms with Gasteiger partial charge in [0.05, 0.1) is 11.1 Å². The van der Waals surface area contributed by atoms with Crippen LogP contribution < -0.4 is 5.32 Å². The summed E-state index contributed by atoms with van der Waals surface area (Å²) in [6.45, 7) is 7.57. The maximum absolute atomic E-state index is 13.0. The highest BCUT2D eigenvalue weighted by molar-refractivity contribution is 6.05. The number of carbonyl (C=O) groups is 2. The second-order valence-corrected chi connectivity index (χ2v) is 8.76. The van der Waals surface area contributed by atoms with Gasteiger partial charge in [-0.3, -0.25) is 9.48 Å². The van der Waals surface area contributed by atoms with E-state index < -0.39 is 11.7 Å². The van der Waals surface area contributed by atoms with E-state index >= 15 is 0 Å². The van der Waals surface area contributed by atoms with Gasteiger partial charge in [-0.05, 0) is 53.0 Å². The van der Waals surface area contributed by atoms with Gasteiger partial charge in [-0.2, -0.15) is 5.10 Å². The average molecular weight is 402 g/mol. The minimum Gasteiger partial charge on any atom is -0.465 e. The van der Waals surface area contributed by atoms with Crippen molar-refractivity contribution < 1.29 is 19.8 Å². The van der Waals surface area contributed by atoms with Crippen molar-refractivity contribution >= 4 is 22.9 Å². The monoisotopic (exact) mass is 402 g/mol. The minimum absolute atomic E-state index is 0.112. The molecular formula is C21H30N4O4. The number of hydrogen-bond acceptors (Lipinski definition) is 4. The van der Waals surface area contributed by atoms with Crippen molar-refractivity contribution in [2.24, 2.45) is 0 Å². The third kappa shape index (κ3) is 4.70. The molecule has 158 valence electrons. The highest BCUT2D eigenvalue weighted by Crippen LogP contribution is 2.26. The summed E-state index contributed by atoms with van der Waals surface area (Å²) in [6.07, 6.45) is 0.568. The first kappa shape index (κ1) is 21.1. The molecule has 0 bridgehead atoms. The summed E-state index contributed by atoms with van der Waals surface area (Å²) < 4.78 is 1.83. The Kier molecular flexibility index (Phi) is 5.84. The van der Waals surface area contributed by atoms with Gasteiger partial charge in [0, 0.05) is 30.1 Å². The number of likely N-dealkylation sites (tertiary alicyclic amines) is 1. The Balaban J connectivity index is 1.77. The van der Waals surface area contributed by atoms with Crippen molar-refractivity contribution in [3.63, 3.8) is 0 Å². The SMILES string of the molecule is CC(C)n1nc(C(=O)NC2CCC(CC(C)(C)O)N(C(=O)O)C2)c2ccccc21. The number of benzene rings is 1. The molecule has 2 atom stereocenters. The summed E-state index contributed by atoms with van der Waals surface area (Å²) in [6, 6.07) is 7.16. The van der Waals surface area contributed by atoms with E-state index in [9.17, 15) is 19.8 Å². The van der Waals surface area contributed by atoms with E-state index in [2.05, 4.69) is 10.4 Å². The Hall–Kier alpha value is -2.61. The Labute approximate surface area is 170 Å². The molecule has 8 nitrogen and oxygen atoms in total. The number of amides is 2. The number of hydrogen-bond donors (Lipinski definition) is 3. The Bertz CT molecular complexity index is 900. The number of carbonyl (C=O) groups excluding carboxylic acids is 1. The number of fused-ring (bicyclic) bond motifs is 1. The van der Waals surface area contributed by atoms with Crippen LogP contribution in [0.2, 0.25) is 0 Å². The lowest BCUT2D eigenvalue weighted by Gasteiger charge is -2.40. The van der Waals surface area contributed by atoms with Crippen LogP contribution in [0, 0.1) is 0 Å². The first-order valence-electron chi connectivity index (χ1n) is 10.1. The van der Waals surface area contributed by atoms with Crippen LogP contribution >= 0.6 is 0 Å². The molecule has 1 aromatic heterocycles. The summed E-state index contributed by atoms with van der Waals surface area (Å²) >= 11 is 0. The lowest BCUT2D eigenvalue weighted by molar-refractivity contribution is 0.0194. The number of rotatable bonds is 5. The van der Waals surface area contributed by atoms with Crippen molar-refractivity contribution in [1.29, 1.82) is 0 Å². The molecule has 0 aliphatic carbocycles. The van der Waals surface area contributed by atoms with E-state index in [-0.39, 0.29) is 30.6 Å². The number of piperidine rings is 1. The van der Waals surface area contributed by atoms with Gasteiger partial charge in [-0.1, -0.05) is 18.2 Å². The van der Waals surface area contributed by atoms with Gasteiger partial charge in [0.15, 0.2) is 5.69 Å². The zero-order chi connectivity index (χ0) is 21.3. The van der Waals surface area contributed by atoms with Crippen molar-refractivity contribution in [1.82, 2.24) is 20.0 Å². The molecule has 1 aliphatic heterocycles. The zero-order valence-corrected chi connectivity index (χ0v) is 17.4. The molecule has 2 aromatic rings. The third-order valence-electron chi connectivity index (χ3n) is 5.34. The van der Waals surface area contributed by atoms with Crippen LogP contribution in [-0.2, 0) is 0 Å². The van der Waals surface area contributed by atoms with Gasteiger partial charge < -0.3 is 20.4 Å². The summed E-state index contributed by atoms with van der Waals surface area (Å²) in [5.74, 6) is -0.295. The minimum atomic E-state index is -1.03. The molecule has 1 aromatic carbocycles. The first-order valence-corrected chi connectivity index (χ1v) is 10.1. The maximum atomic E-state index is 13.0. The lowest BCUT2D eigenvalue weighted by Crippen LogP contribution is -2.55. The molecule has 8 heteroatoms. The van der Waals surface area contributed by atoms with Gasteiger partial charge in [-0.15, -0.1) is 0 Å². The van der Waals surface area contributed by atoms with Crippen LogP contribution in [0.1, 0.15) is 63.5 Å². The van der Waals surface area contributed by atoms with Crippen molar-refractivity contribution in [3.05, 3.63) is 30.0 Å². The van der Waals surface area contributed by atoms with Gasteiger partial charge in [0.2, 0.25) is 0 Å². The molecule has 2 amide bonds. The lowest BCUT2D eigenvalue weighted by atomic mass is 9.90. The molecule has 2 heterocycles. The fraction of sp³-hybridized carbons (Fsp3) is 0.571. The van der Waals surface area contributed by atoms with E-state index in [1.165, 1.54) is 4.90 Å².